The number of imidazole rings is 1. The van der Waals surface area contributed by atoms with Gasteiger partial charge in [-0.1, -0.05) is 26.0 Å². The van der Waals surface area contributed by atoms with Crippen LogP contribution in [0.2, 0.25) is 0 Å². The van der Waals surface area contributed by atoms with Gasteiger partial charge < -0.3 is 15.0 Å². The zero-order valence-electron chi connectivity index (χ0n) is 12.0. The van der Waals surface area contributed by atoms with Crippen molar-refractivity contribution in [3.05, 3.63) is 24.3 Å². The average molecular weight is 275 g/mol. The van der Waals surface area contributed by atoms with Gasteiger partial charge in [-0.05, 0) is 18.1 Å². The van der Waals surface area contributed by atoms with Gasteiger partial charge in [0.2, 0.25) is 5.95 Å². The second kappa shape index (κ2) is 6.52. The molecule has 0 unspecified atom stereocenters. The lowest BCUT2D eigenvalue weighted by atomic mass is 10.1. The van der Waals surface area contributed by atoms with Gasteiger partial charge in [-0.3, -0.25) is 4.79 Å². The van der Waals surface area contributed by atoms with E-state index in [0.717, 1.165) is 11.0 Å². The van der Waals surface area contributed by atoms with Crippen LogP contribution in [0.5, 0.6) is 0 Å². The second-order valence-electron chi connectivity index (χ2n) is 5.30. The minimum atomic E-state index is 0.0309. The topological polar surface area (TPSA) is 67.2 Å². The Bertz CT molecular complexity index is 590. The smallest absolute Gasteiger partial charge is 0.204 e. The van der Waals surface area contributed by atoms with E-state index >= 15 is 0 Å². The number of aromatic nitrogens is 2. The number of ketones is 1. The van der Waals surface area contributed by atoms with Crippen LogP contribution in [0.1, 0.15) is 20.3 Å². The van der Waals surface area contributed by atoms with E-state index in [1.165, 1.54) is 0 Å². The Hall–Kier alpha value is -1.88. The third-order valence-electron chi connectivity index (χ3n) is 3.02. The first-order valence-corrected chi connectivity index (χ1v) is 6.93. The number of aliphatic hydroxyl groups excluding tert-OH is 1. The summed E-state index contributed by atoms with van der Waals surface area (Å²) in [5, 5.41) is 12.0. The third-order valence-corrected chi connectivity index (χ3v) is 3.02. The van der Waals surface area contributed by atoms with E-state index in [1.54, 1.807) is 0 Å². The van der Waals surface area contributed by atoms with Gasteiger partial charge in [-0.15, -0.1) is 0 Å². The highest BCUT2D eigenvalue weighted by Gasteiger charge is 2.13. The lowest BCUT2D eigenvalue weighted by Gasteiger charge is -2.10. The summed E-state index contributed by atoms with van der Waals surface area (Å²) in [6.45, 7) is 4.83. The molecule has 20 heavy (non-hydrogen) atoms. The number of benzene rings is 1. The van der Waals surface area contributed by atoms with Crippen LogP contribution in [-0.2, 0) is 11.3 Å². The van der Waals surface area contributed by atoms with E-state index in [-0.39, 0.29) is 12.4 Å². The van der Waals surface area contributed by atoms with Gasteiger partial charge >= 0.3 is 0 Å². The summed E-state index contributed by atoms with van der Waals surface area (Å²) in [4.78, 5) is 16.5. The summed E-state index contributed by atoms with van der Waals surface area (Å²) in [5.74, 6) is 1.18. The number of fused-ring (bicyclic) bond motifs is 1. The summed E-state index contributed by atoms with van der Waals surface area (Å²) in [6, 6.07) is 7.73. The van der Waals surface area contributed by atoms with Crippen molar-refractivity contribution < 1.29 is 9.90 Å². The SMILES string of the molecule is CC(C)CC(=O)Cn1c(NCCO)nc2ccccc21. The van der Waals surface area contributed by atoms with Crippen LogP contribution >= 0.6 is 0 Å². The number of hydrogen-bond donors (Lipinski definition) is 2. The first kappa shape index (κ1) is 14.5. The Morgan fingerprint density at radius 1 is 1.40 bits per heavy atom. The number of hydrogen-bond acceptors (Lipinski definition) is 4. The minimum Gasteiger partial charge on any atom is -0.395 e. The van der Waals surface area contributed by atoms with Crippen LogP contribution in [0.15, 0.2) is 24.3 Å². The van der Waals surface area contributed by atoms with Crippen LogP contribution in [0.4, 0.5) is 5.95 Å². The largest absolute Gasteiger partial charge is 0.395 e. The predicted molar refractivity (Wildman–Crippen MR) is 79.8 cm³/mol. The molecule has 0 saturated heterocycles. The highest BCUT2D eigenvalue weighted by Crippen LogP contribution is 2.20. The number of para-hydroxylation sites is 2. The van der Waals surface area contributed by atoms with E-state index in [2.05, 4.69) is 10.3 Å². The summed E-state index contributed by atoms with van der Waals surface area (Å²) in [5.41, 5.74) is 1.79. The summed E-state index contributed by atoms with van der Waals surface area (Å²) < 4.78 is 1.88. The summed E-state index contributed by atoms with van der Waals surface area (Å²) in [6.07, 6.45) is 0.561. The normalized spacial score (nSPS) is 11.2. The van der Waals surface area contributed by atoms with Crippen molar-refractivity contribution in [1.82, 2.24) is 9.55 Å². The molecule has 0 amide bonds. The lowest BCUT2D eigenvalue weighted by molar-refractivity contribution is -0.120. The molecule has 0 aliphatic carbocycles. The molecule has 2 rings (SSSR count). The van der Waals surface area contributed by atoms with Crippen molar-refractivity contribution in [3.63, 3.8) is 0 Å². The Morgan fingerprint density at radius 2 is 2.15 bits per heavy atom. The average Bonchev–Trinajstić information content (AvgIpc) is 2.74. The fourth-order valence-corrected chi connectivity index (χ4v) is 2.23. The van der Waals surface area contributed by atoms with E-state index < -0.39 is 0 Å². The predicted octanol–water partition coefficient (Wildman–Crippen LogP) is 2.06. The van der Waals surface area contributed by atoms with Crippen molar-refractivity contribution in [1.29, 1.82) is 0 Å². The van der Waals surface area contributed by atoms with Gasteiger partial charge in [0.05, 0.1) is 24.2 Å². The molecule has 2 aromatic rings. The summed E-state index contributed by atoms with van der Waals surface area (Å²) >= 11 is 0. The fourth-order valence-electron chi connectivity index (χ4n) is 2.23. The molecular weight excluding hydrogens is 254 g/mol. The molecule has 0 aliphatic rings. The standard InChI is InChI=1S/C15H21N3O2/c1-11(2)9-12(20)10-18-14-6-4-3-5-13(14)17-15(18)16-7-8-19/h3-6,11,19H,7-10H2,1-2H3,(H,16,17). The first-order chi connectivity index (χ1) is 9.61. The fraction of sp³-hybridized carbons (Fsp3) is 0.467. The maximum atomic E-state index is 12.1. The van der Waals surface area contributed by atoms with Crippen LogP contribution in [0, 0.1) is 5.92 Å². The second-order valence-corrected chi connectivity index (χ2v) is 5.30. The van der Waals surface area contributed by atoms with Crippen molar-refractivity contribution in [2.45, 2.75) is 26.8 Å². The van der Waals surface area contributed by atoms with Crippen molar-refractivity contribution in [3.8, 4) is 0 Å². The number of carbonyl (C=O) groups excluding carboxylic acids is 1. The Labute approximate surface area is 118 Å². The molecule has 5 heteroatoms. The molecule has 1 aromatic heterocycles. The highest BCUT2D eigenvalue weighted by atomic mass is 16.3. The monoisotopic (exact) mass is 275 g/mol. The molecule has 0 bridgehead atoms. The van der Waals surface area contributed by atoms with Crippen LogP contribution in [0.3, 0.4) is 0 Å². The number of aliphatic hydroxyl groups is 1. The van der Waals surface area contributed by atoms with Gasteiger partial charge in [0.15, 0.2) is 5.78 Å². The Balaban J connectivity index is 2.30. The molecule has 0 atom stereocenters. The van der Waals surface area contributed by atoms with Gasteiger partial charge in [-0.25, -0.2) is 4.98 Å². The van der Waals surface area contributed by atoms with Crippen molar-refractivity contribution in [2.75, 3.05) is 18.5 Å². The maximum absolute atomic E-state index is 12.1. The lowest BCUT2D eigenvalue weighted by Crippen LogP contribution is -2.16. The molecule has 1 aromatic carbocycles. The van der Waals surface area contributed by atoms with Crippen molar-refractivity contribution in [2.24, 2.45) is 5.92 Å². The number of carbonyl (C=O) groups is 1. The molecule has 108 valence electrons. The Morgan fingerprint density at radius 3 is 2.85 bits per heavy atom. The molecular formula is C15H21N3O2. The number of nitrogens with zero attached hydrogens (tertiary/aromatic N) is 2. The maximum Gasteiger partial charge on any atom is 0.204 e. The Kier molecular flexibility index (Phi) is 4.74. The molecule has 0 spiro atoms. The molecule has 5 nitrogen and oxygen atoms in total. The third kappa shape index (κ3) is 3.36. The quantitative estimate of drug-likeness (QED) is 0.811. The zero-order chi connectivity index (χ0) is 14.5. The molecule has 0 radical (unpaired) electrons. The number of Topliss-reactive ketones (excluding diaryl/α,β-unsaturated/α-hetero) is 1. The van der Waals surface area contributed by atoms with Crippen molar-refractivity contribution >= 4 is 22.8 Å². The van der Waals surface area contributed by atoms with Gasteiger partial charge in [0.1, 0.15) is 0 Å². The highest BCUT2D eigenvalue weighted by molar-refractivity contribution is 5.84. The van der Waals surface area contributed by atoms with E-state index in [1.807, 2.05) is 42.7 Å². The van der Waals surface area contributed by atoms with Crippen LogP contribution < -0.4 is 5.32 Å². The molecule has 2 N–H and O–H groups in total. The molecule has 0 aliphatic heterocycles. The van der Waals surface area contributed by atoms with Gasteiger partial charge in [0.25, 0.3) is 0 Å². The number of anilines is 1. The zero-order valence-corrected chi connectivity index (χ0v) is 12.0. The van der Waals surface area contributed by atoms with E-state index in [9.17, 15) is 4.79 Å². The molecule has 0 saturated carbocycles. The summed E-state index contributed by atoms with van der Waals surface area (Å²) in [7, 11) is 0. The molecule has 0 fully saturated rings. The molecule has 1 heterocycles. The number of rotatable bonds is 7. The van der Waals surface area contributed by atoms with Crippen LogP contribution in [-0.4, -0.2) is 33.6 Å². The first-order valence-electron chi connectivity index (χ1n) is 6.93. The van der Waals surface area contributed by atoms with E-state index in [4.69, 9.17) is 5.11 Å². The van der Waals surface area contributed by atoms with Crippen LogP contribution in [0.25, 0.3) is 11.0 Å². The van der Waals surface area contributed by atoms with Gasteiger partial charge in [-0.2, -0.15) is 0 Å². The van der Waals surface area contributed by atoms with Gasteiger partial charge in [0, 0.05) is 13.0 Å². The number of nitrogens with one attached hydrogen (secondary N) is 1. The minimum absolute atomic E-state index is 0.0309. The van der Waals surface area contributed by atoms with E-state index in [0.29, 0.717) is 31.4 Å².